The summed E-state index contributed by atoms with van der Waals surface area (Å²) < 4.78 is 21.8. The maximum atomic E-state index is 12.8. The van der Waals surface area contributed by atoms with Crippen LogP contribution in [0.15, 0.2) is 12.2 Å². The molecule has 0 bridgehead atoms. The maximum absolute atomic E-state index is 12.8. The molecule has 0 spiro atoms. The number of esters is 2. The predicted octanol–water partition coefficient (Wildman–Crippen LogP) is 11.6. The van der Waals surface area contributed by atoms with E-state index in [1.165, 1.54) is 154 Å². The Balaban J connectivity index is 2.30. The van der Waals surface area contributed by atoms with Gasteiger partial charge in [0.05, 0.1) is 6.61 Å². The van der Waals surface area contributed by atoms with Crippen LogP contribution in [0.1, 0.15) is 239 Å². The Hall–Kier alpha value is -2.05. The van der Waals surface area contributed by atoms with Crippen LogP contribution in [0, 0.1) is 0 Å². The van der Waals surface area contributed by atoms with E-state index in [1.54, 1.807) is 0 Å². The Kier molecular flexibility index (Phi) is 38.0. The van der Waals surface area contributed by atoms with Gasteiger partial charge in [-0.2, -0.15) is 0 Å². The van der Waals surface area contributed by atoms with E-state index in [0.29, 0.717) is 12.8 Å². The molecule has 1 aliphatic heterocycles. The number of hydrogen-bond acceptors (Lipinski definition) is 10. The van der Waals surface area contributed by atoms with Gasteiger partial charge in [-0.25, -0.2) is 4.79 Å². The summed E-state index contributed by atoms with van der Waals surface area (Å²) in [4.78, 5) is 36.9. The van der Waals surface area contributed by atoms with Crippen LogP contribution >= 0.6 is 0 Å². The number of carboxylic acid groups (broad SMARTS) is 1. The van der Waals surface area contributed by atoms with Gasteiger partial charge in [0.2, 0.25) is 0 Å². The number of carboxylic acids is 1. The van der Waals surface area contributed by atoms with Gasteiger partial charge in [0, 0.05) is 12.8 Å². The first kappa shape index (κ1) is 57.0. The molecule has 0 aromatic heterocycles. The summed E-state index contributed by atoms with van der Waals surface area (Å²) in [5, 5.41) is 39.9. The second-order valence-electron chi connectivity index (χ2n) is 17.7. The van der Waals surface area contributed by atoms with Gasteiger partial charge in [-0.1, -0.05) is 199 Å². The van der Waals surface area contributed by atoms with Gasteiger partial charge >= 0.3 is 17.9 Å². The maximum Gasteiger partial charge on any atom is 0.335 e. The van der Waals surface area contributed by atoms with Crippen LogP contribution in [-0.4, -0.2) is 88.4 Å². The van der Waals surface area contributed by atoms with Gasteiger partial charge in [0.25, 0.3) is 0 Å². The predicted molar refractivity (Wildman–Crippen MR) is 243 cm³/mol. The largest absolute Gasteiger partial charge is 0.479 e. The number of carbonyl (C=O) groups is 3. The van der Waals surface area contributed by atoms with Crippen molar-refractivity contribution in [3.8, 4) is 0 Å². The van der Waals surface area contributed by atoms with E-state index in [1.807, 2.05) is 0 Å². The van der Waals surface area contributed by atoms with Gasteiger partial charge in [-0.3, -0.25) is 9.59 Å². The van der Waals surface area contributed by atoms with Gasteiger partial charge in [0.15, 0.2) is 18.5 Å². The molecule has 1 fully saturated rings. The van der Waals surface area contributed by atoms with Crippen LogP contribution in [0.2, 0.25) is 0 Å². The number of unbranched alkanes of at least 4 members (excludes halogenated alkanes) is 30. The SMILES string of the molecule is CCCCCCCC/C=C\CCCCCCCCCC(=O)OCC(COC1OC(C(=O)O)C(O)C(O)C1O)OC(=O)CCCCCCCCCCCCCCCCCCCC. The van der Waals surface area contributed by atoms with Crippen LogP contribution in [0.3, 0.4) is 0 Å². The molecule has 0 radical (unpaired) electrons. The van der Waals surface area contributed by atoms with Crippen molar-refractivity contribution < 1.29 is 53.8 Å². The van der Waals surface area contributed by atoms with Crippen molar-refractivity contribution in [2.45, 2.75) is 275 Å². The van der Waals surface area contributed by atoms with E-state index >= 15 is 0 Å². The van der Waals surface area contributed by atoms with Crippen molar-refractivity contribution in [2.24, 2.45) is 0 Å². The summed E-state index contributed by atoms with van der Waals surface area (Å²) >= 11 is 0. The monoisotopic (exact) mass is 869 g/mol. The van der Waals surface area contributed by atoms with E-state index in [0.717, 1.165) is 44.9 Å². The molecule has 61 heavy (non-hydrogen) atoms. The lowest BCUT2D eigenvalue weighted by atomic mass is 9.99. The van der Waals surface area contributed by atoms with Crippen molar-refractivity contribution in [1.29, 1.82) is 0 Å². The highest BCUT2D eigenvalue weighted by atomic mass is 16.7. The number of hydrogen-bond donors (Lipinski definition) is 4. The third kappa shape index (κ3) is 32.3. The molecule has 0 saturated carbocycles. The molecule has 11 heteroatoms. The zero-order valence-electron chi connectivity index (χ0n) is 38.9. The molecule has 0 aromatic rings. The van der Waals surface area contributed by atoms with Crippen LogP contribution < -0.4 is 0 Å². The number of rotatable bonds is 43. The topological polar surface area (TPSA) is 169 Å². The average Bonchev–Trinajstić information content (AvgIpc) is 3.24. The molecule has 0 aliphatic carbocycles. The average molecular weight is 869 g/mol. The first-order valence-corrected chi connectivity index (χ1v) is 25.2. The van der Waals surface area contributed by atoms with Crippen molar-refractivity contribution in [3.05, 3.63) is 12.2 Å². The summed E-state index contributed by atoms with van der Waals surface area (Å²) in [5.41, 5.74) is 0. The fourth-order valence-electron chi connectivity index (χ4n) is 7.88. The van der Waals surface area contributed by atoms with Crippen LogP contribution in [0.25, 0.3) is 0 Å². The van der Waals surface area contributed by atoms with Gasteiger partial charge in [0.1, 0.15) is 24.9 Å². The molecule has 0 aromatic carbocycles. The van der Waals surface area contributed by atoms with Crippen LogP contribution in [0.4, 0.5) is 0 Å². The lowest BCUT2D eigenvalue weighted by Gasteiger charge is -2.38. The Morgan fingerprint density at radius 3 is 1.28 bits per heavy atom. The first-order chi connectivity index (χ1) is 29.7. The Morgan fingerprint density at radius 2 is 0.869 bits per heavy atom. The third-order valence-corrected chi connectivity index (χ3v) is 11.9. The molecular weight excluding hydrogens is 777 g/mol. The van der Waals surface area contributed by atoms with Gasteiger partial charge in [-0.15, -0.1) is 0 Å². The molecule has 1 saturated heterocycles. The number of aliphatic hydroxyl groups is 3. The summed E-state index contributed by atoms with van der Waals surface area (Å²) in [5.74, 6) is -2.43. The highest BCUT2D eigenvalue weighted by molar-refractivity contribution is 5.73. The van der Waals surface area contributed by atoms with E-state index in [9.17, 15) is 34.8 Å². The van der Waals surface area contributed by atoms with E-state index in [-0.39, 0.29) is 26.1 Å². The normalized spacial score (nSPS) is 19.7. The van der Waals surface area contributed by atoms with Crippen molar-refractivity contribution >= 4 is 17.9 Å². The zero-order valence-corrected chi connectivity index (χ0v) is 38.9. The van der Waals surface area contributed by atoms with Crippen LogP contribution in [0.5, 0.6) is 0 Å². The lowest BCUT2D eigenvalue weighted by molar-refractivity contribution is -0.298. The van der Waals surface area contributed by atoms with Crippen LogP contribution in [-0.2, 0) is 33.3 Å². The van der Waals surface area contributed by atoms with Crippen molar-refractivity contribution in [2.75, 3.05) is 13.2 Å². The molecule has 11 nitrogen and oxygen atoms in total. The second kappa shape index (κ2) is 40.7. The fourth-order valence-corrected chi connectivity index (χ4v) is 7.88. The summed E-state index contributed by atoms with van der Waals surface area (Å²) in [6.45, 7) is 3.84. The molecule has 0 amide bonds. The molecule has 6 atom stereocenters. The number of aliphatic carboxylic acids is 1. The molecule has 1 heterocycles. The smallest absolute Gasteiger partial charge is 0.335 e. The standard InChI is InChI=1S/C50H92O11/c1-3-5-7-9-11-13-15-17-19-21-23-25-27-29-31-33-35-37-39-44(52)60-42(41-59-50-47(55)45(53)46(54)48(61-50)49(56)57)40-58-43(51)38-36-34-32-30-28-26-24-22-20-18-16-14-12-10-8-6-4-2/h18,20,42,45-48,50,53-55H,3-17,19,21-41H2,1-2H3,(H,56,57)/b20-18-. The Morgan fingerprint density at radius 1 is 0.492 bits per heavy atom. The van der Waals surface area contributed by atoms with Gasteiger partial charge in [-0.05, 0) is 38.5 Å². The summed E-state index contributed by atoms with van der Waals surface area (Å²) in [6, 6.07) is 0. The third-order valence-electron chi connectivity index (χ3n) is 11.9. The second-order valence-corrected chi connectivity index (χ2v) is 17.7. The minimum Gasteiger partial charge on any atom is -0.479 e. The minimum atomic E-state index is -1.86. The van der Waals surface area contributed by atoms with Crippen molar-refractivity contribution in [3.63, 3.8) is 0 Å². The summed E-state index contributed by atoms with van der Waals surface area (Å²) in [6.07, 6.45) is 35.4. The van der Waals surface area contributed by atoms with E-state index in [4.69, 9.17) is 18.9 Å². The van der Waals surface area contributed by atoms with E-state index < -0.39 is 54.7 Å². The molecular formula is C50H92O11. The fraction of sp³-hybridized carbons (Fsp3) is 0.900. The number of aliphatic hydroxyl groups excluding tert-OH is 3. The minimum absolute atomic E-state index is 0.188. The number of ether oxygens (including phenoxy) is 4. The lowest BCUT2D eigenvalue weighted by Crippen LogP contribution is -2.60. The molecule has 6 unspecified atom stereocenters. The highest BCUT2D eigenvalue weighted by Gasteiger charge is 2.47. The first-order valence-electron chi connectivity index (χ1n) is 25.2. The quantitative estimate of drug-likeness (QED) is 0.0261. The molecule has 1 rings (SSSR count). The summed E-state index contributed by atoms with van der Waals surface area (Å²) in [7, 11) is 0. The molecule has 358 valence electrons. The Labute approximate surface area is 371 Å². The van der Waals surface area contributed by atoms with E-state index in [2.05, 4.69) is 26.0 Å². The van der Waals surface area contributed by atoms with Gasteiger partial charge < -0.3 is 39.4 Å². The number of carbonyl (C=O) groups excluding carboxylic acids is 2. The zero-order chi connectivity index (χ0) is 44.6. The molecule has 1 aliphatic rings. The Bertz CT molecular complexity index is 1070. The number of allylic oxidation sites excluding steroid dienone is 2. The highest BCUT2D eigenvalue weighted by Crippen LogP contribution is 2.23. The molecule has 4 N–H and O–H groups in total. The van der Waals surface area contributed by atoms with Crippen molar-refractivity contribution in [1.82, 2.24) is 0 Å².